The fraction of sp³-hybridized carbons (Fsp3) is 0.167. The van der Waals surface area contributed by atoms with Crippen LogP contribution in [-0.2, 0) is 17.1 Å². The number of aromatic nitrogens is 2. The largest absolute Gasteiger partial charge is 0.419 e. The molecule has 0 atom stereocenters. The van der Waals surface area contributed by atoms with Crippen molar-refractivity contribution >= 4 is 37.6 Å². The number of hydrogen-bond donors (Lipinski definition) is 0. The third-order valence-electron chi connectivity index (χ3n) is 3.11. The number of nitrogens with zero attached hydrogens (tertiary/aromatic N) is 3. The predicted octanol–water partition coefficient (Wildman–Crippen LogP) is 1.41. The van der Waals surface area contributed by atoms with E-state index in [0.717, 1.165) is 4.31 Å². The molecule has 0 saturated heterocycles. The molecule has 0 radical (unpaired) electrons. The molecule has 0 spiro atoms. The average molecular weight is 325 g/mol. The van der Waals surface area contributed by atoms with Gasteiger partial charge < -0.3 is 4.42 Å². The first kappa shape index (κ1) is 13.8. The monoisotopic (exact) mass is 325 g/mol. The minimum absolute atomic E-state index is 0.0436. The summed E-state index contributed by atoms with van der Waals surface area (Å²) >= 11 is 1.22. The van der Waals surface area contributed by atoms with Crippen molar-refractivity contribution in [2.45, 2.75) is 4.90 Å². The number of rotatable bonds is 3. The van der Waals surface area contributed by atoms with E-state index in [0.29, 0.717) is 10.6 Å². The van der Waals surface area contributed by atoms with E-state index in [1.165, 1.54) is 41.3 Å². The van der Waals surface area contributed by atoms with Crippen molar-refractivity contribution in [3.05, 3.63) is 40.3 Å². The summed E-state index contributed by atoms with van der Waals surface area (Å²) in [6.07, 6.45) is 1.53. The molecule has 2 heterocycles. The molecule has 0 aliphatic carbocycles. The molecule has 0 bridgehead atoms. The van der Waals surface area contributed by atoms with Gasteiger partial charge in [0.2, 0.25) is 0 Å². The molecule has 0 fully saturated rings. The van der Waals surface area contributed by atoms with E-state index in [2.05, 4.69) is 4.98 Å². The maximum atomic E-state index is 12.5. The maximum absolute atomic E-state index is 12.5. The summed E-state index contributed by atoms with van der Waals surface area (Å²) in [5, 5.41) is 2.06. The Hall–Kier alpha value is -2.13. The van der Waals surface area contributed by atoms with Crippen molar-refractivity contribution < 1.29 is 12.8 Å². The Morgan fingerprint density at radius 1 is 1.38 bits per heavy atom. The van der Waals surface area contributed by atoms with Crippen molar-refractivity contribution in [1.29, 1.82) is 0 Å². The number of oxazole rings is 1. The summed E-state index contributed by atoms with van der Waals surface area (Å²) in [5.74, 6) is -0.534. The van der Waals surface area contributed by atoms with Crippen LogP contribution < -0.4 is 10.1 Å². The lowest BCUT2D eigenvalue weighted by atomic mass is 10.3. The summed E-state index contributed by atoms with van der Waals surface area (Å²) in [6, 6.07) is 4.33. The van der Waals surface area contributed by atoms with Crippen LogP contribution in [0.4, 0.5) is 5.13 Å². The van der Waals surface area contributed by atoms with Crippen LogP contribution in [0.1, 0.15) is 0 Å². The Bertz CT molecular complexity index is 954. The van der Waals surface area contributed by atoms with Crippen molar-refractivity contribution in [2.75, 3.05) is 11.4 Å². The number of anilines is 1. The van der Waals surface area contributed by atoms with Gasteiger partial charge in [-0.15, -0.1) is 11.3 Å². The molecule has 3 aromatic rings. The van der Waals surface area contributed by atoms with Crippen molar-refractivity contribution in [3.63, 3.8) is 0 Å². The smallest absolute Gasteiger partial charge is 0.408 e. The standard InChI is InChI=1S/C12H11N3O4S2/c1-14-9-4-3-8(7-10(9)19-12(14)16)21(17,18)15(2)11-13-5-6-20-11/h3-7H,1-2H3. The van der Waals surface area contributed by atoms with E-state index in [1.807, 2.05) is 0 Å². The maximum Gasteiger partial charge on any atom is 0.419 e. The van der Waals surface area contributed by atoms with E-state index in [1.54, 1.807) is 18.5 Å². The van der Waals surface area contributed by atoms with Crippen LogP contribution in [0.3, 0.4) is 0 Å². The first-order valence-electron chi connectivity index (χ1n) is 5.89. The van der Waals surface area contributed by atoms with Crippen LogP contribution in [0, 0.1) is 0 Å². The first-order chi connectivity index (χ1) is 9.91. The van der Waals surface area contributed by atoms with Gasteiger partial charge in [-0.25, -0.2) is 22.5 Å². The lowest BCUT2D eigenvalue weighted by Crippen LogP contribution is -2.26. The molecule has 0 aliphatic heterocycles. The first-order valence-corrected chi connectivity index (χ1v) is 8.21. The zero-order chi connectivity index (χ0) is 15.2. The highest BCUT2D eigenvalue weighted by Gasteiger charge is 2.24. The van der Waals surface area contributed by atoms with Crippen molar-refractivity contribution in [2.24, 2.45) is 7.05 Å². The van der Waals surface area contributed by atoms with Crippen LogP contribution in [0.2, 0.25) is 0 Å². The normalized spacial score (nSPS) is 11.9. The number of sulfonamides is 1. The number of thiazole rings is 1. The van der Waals surface area contributed by atoms with Gasteiger partial charge in [0.1, 0.15) is 0 Å². The molecule has 3 rings (SSSR count). The molecular formula is C12H11N3O4S2. The Morgan fingerprint density at radius 2 is 2.14 bits per heavy atom. The molecule has 21 heavy (non-hydrogen) atoms. The van der Waals surface area contributed by atoms with Gasteiger partial charge in [-0.2, -0.15) is 0 Å². The third-order valence-corrected chi connectivity index (χ3v) is 5.82. The zero-order valence-electron chi connectivity index (χ0n) is 11.2. The number of aryl methyl sites for hydroxylation is 1. The summed E-state index contributed by atoms with van der Waals surface area (Å²) < 4.78 is 32.5. The minimum atomic E-state index is -3.75. The molecule has 2 aromatic heterocycles. The average Bonchev–Trinajstić information content (AvgIpc) is 3.07. The van der Waals surface area contributed by atoms with E-state index >= 15 is 0 Å². The summed E-state index contributed by atoms with van der Waals surface area (Å²) in [6.45, 7) is 0. The molecule has 110 valence electrons. The van der Waals surface area contributed by atoms with Crippen molar-refractivity contribution in [3.8, 4) is 0 Å². The molecule has 0 N–H and O–H groups in total. The van der Waals surface area contributed by atoms with Gasteiger partial charge in [-0.3, -0.25) is 4.57 Å². The summed E-state index contributed by atoms with van der Waals surface area (Å²) in [4.78, 5) is 15.5. The van der Waals surface area contributed by atoms with Crippen LogP contribution in [0.25, 0.3) is 11.1 Å². The summed E-state index contributed by atoms with van der Waals surface area (Å²) in [5.41, 5.74) is 0.770. The Labute approximate surface area is 124 Å². The van der Waals surface area contributed by atoms with Gasteiger partial charge in [0.05, 0.1) is 10.4 Å². The molecule has 1 aromatic carbocycles. The highest BCUT2D eigenvalue weighted by Crippen LogP contribution is 2.25. The van der Waals surface area contributed by atoms with E-state index in [-0.39, 0.29) is 10.5 Å². The van der Waals surface area contributed by atoms with E-state index in [4.69, 9.17) is 4.42 Å². The molecule has 0 unspecified atom stereocenters. The van der Waals surface area contributed by atoms with Crippen LogP contribution >= 0.6 is 11.3 Å². The van der Waals surface area contributed by atoms with Crippen LogP contribution in [0.15, 0.2) is 43.9 Å². The Morgan fingerprint density at radius 3 is 2.81 bits per heavy atom. The minimum Gasteiger partial charge on any atom is -0.408 e. The zero-order valence-corrected chi connectivity index (χ0v) is 12.8. The van der Waals surface area contributed by atoms with Gasteiger partial charge in [-0.1, -0.05) is 0 Å². The second kappa shape index (κ2) is 4.71. The van der Waals surface area contributed by atoms with Gasteiger partial charge in [-0.05, 0) is 12.1 Å². The van der Waals surface area contributed by atoms with Gasteiger partial charge in [0.25, 0.3) is 10.0 Å². The Kier molecular flexibility index (Phi) is 3.10. The fourth-order valence-electron chi connectivity index (χ4n) is 1.91. The van der Waals surface area contributed by atoms with Crippen molar-refractivity contribution in [1.82, 2.24) is 9.55 Å². The molecule has 7 nitrogen and oxygen atoms in total. The highest BCUT2D eigenvalue weighted by molar-refractivity contribution is 7.93. The molecule has 0 amide bonds. The lowest BCUT2D eigenvalue weighted by molar-refractivity contribution is 0.527. The number of benzene rings is 1. The van der Waals surface area contributed by atoms with Gasteiger partial charge >= 0.3 is 5.76 Å². The highest BCUT2D eigenvalue weighted by atomic mass is 32.2. The van der Waals surface area contributed by atoms with Gasteiger partial charge in [0, 0.05) is 31.7 Å². The lowest BCUT2D eigenvalue weighted by Gasteiger charge is -2.15. The fourth-order valence-corrected chi connectivity index (χ4v) is 3.91. The topological polar surface area (TPSA) is 85.4 Å². The third kappa shape index (κ3) is 2.14. The predicted molar refractivity (Wildman–Crippen MR) is 79.2 cm³/mol. The second-order valence-corrected chi connectivity index (χ2v) is 7.19. The molecular weight excluding hydrogens is 314 g/mol. The van der Waals surface area contributed by atoms with E-state index < -0.39 is 15.8 Å². The number of hydrogen-bond acceptors (Lipinski definition) is 6. The molecule has 0 aliphatic rings. The molecule has 9 heteroatoms. The van der Waals surface area contributed by atoms with Gasteiger partial charge in [0.15, 0.2) is 10.7 Å². The summed E-state index contributed by atoms with van der Waals surface area (Å²) in [7, 11) is -0.757. The van der Waals surface area contributed by atoms with Crippen LogP contribution in [0.5, 0.6) is 0 Å². The molecule has 0 saturated carbocycles. The van der Waals surface area contributed by atoms with Crippen LogP contribution in [-0.4, -0.2) is 25.0 Å². The SMILES string of the molecule is CN(c1nccs1)S(=O)(=O)c1ccc2c(c1)oc(=O)n2C. The van der Waals surface area contributed by atoms with E-state index in [9.17, 15) is 13.2 Å². The quantitative estimate of drug-likeness (QED) is 0.727. The Balaban J connectivity index is 2.13. The number of fused-ring (bicyclic) bond motifs is 1. The second-order valence-electron chi connectivity index (χ2n) is 4.34.